The SMILES string of the molecule is O=C([O-])CC(O)CSCc1ccc(F)cc1. The van der Waals surface area contributed by atoms with Crippen LogP contribution in [-0.2, 0) is 10.5 Å². The fourth-order valence-electron chi connectivity index (χ4n) is 1.14. The summed E-state index contributed by atoms with van der Waals surface area (Å²) in [4.78, 5) is 10.2. The van der Waals surface area contributed by atoms with Crippen LogP contribution in [0.2, 0.25) is 0 Å². The van der Waals surface area contributed by atoms with Crippen LogP contribution in [-0.4, -0.2) is 22.9 Å². The molecule has 5 heteroatoms. The van der Waals surface area contributed by atoms with Gasteiger partial charge in [0.25, 0.3) is 0 Å². The normalized spacial score (nSPS) is 12.4. The van der Waals surface area contributed by atoms with Crippen LogP contribution in [0.5, 0.6) is 0 Å². The first kappa shape index (κ1) is 13.0. The van der Waals surface area contributed by atoms with E-state index >= 15 is 0 Å². The molecule has 1 rings (SSSR count). The molecule has 0 bridgehead atoms. The molecule has 1 aromatic carbocycles. The van der Waals surface area contributed by atoms with Gasteiger partial charge < -0.3 is 15.0 Å². The molecule has 1 aromatic rings. The van der Waals surface area contributed by atoms with Crippen molar-refractivity contribution in [3.05, 3.63) is 35.6 Å². The molecule has 16 heavy (non-hydrogen) atoms. The summed E-state index contributed by atoms with van der Waals surface area (Å²) in [7, 11) is 0. The van der Waals surface area contributed by atoms with Gasteiger partial charge in [0.2, 0.25) is 0 Å². The second-order valence-electron chi connectivity index (χ2n) is 3.37. The number of benzene rings is 1. The molecular formula is C11H12FO3S-. The van der Waals surface area contributed by atoms with Crippen molar-refractivity contribution < 1.29 is 19.4 Å². The number of aliphatic carboxylic acids is 1. The number of carboxylic acid groups (broad SMARTS) is 1. The Balaban J connectivity index is 2.25. The summed E-state index contributed by atoms with van der Waals surface area (Å²) < 4.78 is 12.6. The summed E-state index contributed by atoms with van der Waals surface area (Å²) in [6, 6.07) is 6.06. The van der Waals surface area contributed by atoms with Crippen LogP contribution in [0.3, 0.4) is 0 Å². The average Bonchev–Trinajstić information content (AvgIpc) is 2.20. The van der Waals surface area contributed by atoms with Crippen LogP contribution in [0.1, 0.15) is 12.0 Å². The first-order valence-corrected chi connectivity index (χ1v) is 5.93. The predicted octanol–water partition coefficient (Wildman–Crippen LogP) is 0.560. The van der Waals surface area contributed by atoms with Gasteiger partial charge in [-0.05, 0) is 17.7 Å². The monoisotopic (exact) mass is 243 g/mol. The van der Waals surface area contributed by atoms with Gasteiger partial charge in [0.05, 0.1) is 6.10 Å². The lowest BCUT2D eigenvalue weighted by Crippen LogP contribution is -2.28. The van der Waals surface area contributed by atoms with Crippen molar-refractivity contribution in [1.82, 2.24) is 0 Å². The van der Waals surface area contributed by atoms with E-state index in [0.29, 0.717) is 11.5 Å². The largest absolute Gasteiger partial charge is 0.550 e. The summed E-state index contributed by atoms with van der Waals surface area (Å²) in [5.74, 6) is -0.601. The maximum absolute atomic E-state index is 12.6. The Bertz CT molecular complexity index is 340. The van der Waals surface area contributed by atoms with Crippen LogP contribution in [0.15, 0.2) is 24.3 Å². The summed E-state index contributed by atoms with van der Waals surface area (Å²) in [5.41, 5.74) is 0.937. The number of aliphatic hydroxyl groups excluding tert-OH is 1. The topological polar surface area (TPSA) is 60.4 Å². The van der Waals surface area contributed by atoms with Gasteiger partial charge in [0, 0.05) is 23.9 Å². The van der Waals surface area contributed by atoms with Crippen molar-refractivity contribution in [2.24, 2.45) is 0 Å². The number of carboxylic acids is 1. The number of aliphatic hydroxyl groups is 1. The Labute approximate surface area is 97.3 Å². The highest BCUT2D eigenvalue weighted by Crippen LogP contribution is 2.14. The minimum Gasteiger partial charge on any atom is -0.550 e. The zero-order chi connectivity index (χ0) is 12.0. The molecule has 3 nitrogen and oxygen atoms in total. The zero-order valence-electron chi connectivity index (χ0n) is 8.56. The Morgan fingerprint density at radius 1 is 1.44 bits per heavy atom. The number of halogens is 1. The molecule has 0 aliphatic carbocycles. The van der Waals surface area contributed by atoms with E-state index in [9.17, 15) is 19.4 Å². The maximum atomic E-state index is 12.6. The number of hydrogen-bond donors (Lipinski definition) is 1. The Morgan fingerprint density at radius 2 is 2.06 bits per heavy atom. The van der Waals surface area contributed by atoms with E-state index < -0.39 is 12.1 Å². The molecule has 88 valence electrons. The number of hydrogen-bond acceptors (Lipinski definition) is 4. The van der Waals surface area contributed by atoms with Crippen LogP contribution in [0.4, 0.5) is 4.39 Å². The Hall–Kier alpha value is -1.07. The highest BCUT2D eigenvalue weighted by molar-refractivity contribution is 7.98. The summed E-state index contributed by atoms with van der Waals surface area (Å²) in [6.45, 7) is 0. The number of carbonyl (C=O) groups excluding carboxylic acids is 1. The highest BCUT2D eigenvalue weighted by atomic mass is 32.2. The molecule has 1 N–H and O–H groups in total. The summed E-state index contributed by atoms with van der Waals surface area (Å²) in [5, 5.41) is 19.4. The van der Waals surface area contributed by atoms with Gasteiger partial charge in [-0.25, -0.2) is 4.39 Å². The van der Waals surface area contributed by atoms with E-state index in [4.69, 9.17) is 0 Å². The molecule has 0 spiro atoms. The van der Waals surface area contributed by atoms with Gasteiger partial charge in [0.1, 0.15) is 5.82 Å². The molecule has 0 fully saturated rings. The smallest absolute Gasteiger partial charge is 0.123 e. The fourth-order valence-corrected chi connectivity index (χ4v) is 2.08. The van der Waals surface area contributed by atoms with Gasteiger partial charge >= 0.3 is 0 Å². The zero-order valence-corrected chi connectivity index (χ0v) is 9.37. The molecule has 1 atom stereocenters. The van der Waals surface area contributed by atoms with Crippen molar-refractivity contribution in [3.8, 4) is 0 Å². The lowest BCUT2D eigenvalue weighted by Gasteiger charge is -2.10. The van der Waals surface area contributed by atoms with E-state index in [2.05, 4.69) is 0 Å². The molecule has 1 unspecified atom stereocenters. The molecule has 0 aliphatic heterocycles. The molecule has 0 aliphatic rings. The minimum absolute atomic E-state index is 0.286. The van der Waals surface area contributed by atoms with E-state index in [0.717, 1.165) is 5.56 Å². The Morgan fingerprint density at radius 3 is 2.62 bits per heavy atom. The fraction of sp³-hybridized carbons (Fsp3) is 0.364. The van der Waals surface area contributed by atoms with Gasteiger partial charge in [0.15, 0.2) is 0 Å². The first-order valence-electron chi connectivity index (χ1n) is 4.78. The second kappa shape index (κ2) is 6.50. The molecule has 0 radical (unpaired) electrons. The van der Waals surface area contributed by atoms with Crippen LogP contribution in [0, 0.1) is 5.82 Å². The van der Waals surface area contributed by atoms with Crippen molar-refractivity contribution in [2.45, 2.75) is 18.3 Å². The van der Waals surface area contributed by atoms with Gasteiger partial charge in [-0.2, -0.15) is 11.8 Å². The van der Waals surface area contributed by atoms with E-state index in [-0.39, 0.29) is 12.2 Å². The predicted molar refractivity (Wildman–Crippen MR) is 58.2 cm³/mol. The number of carbonyl (C=O) groups is 1. The lowest BCUT2D eigenvalue weighted by atomic mass is 10.2. The summed E-state index contributed by atoms with van der Waals surface area (Å²) in [6.07, 6.45) is -1.24. The molecule has 0 heterocycles. The van der Waals surface area contributed by atoms with E-state index in [1.54, 1.807) is 12.1 Å². The average molecular weight is 243 g/mol. The van der Waals surface area contributed by atoms with E-state index in [1.807, 2.05) is 0 Å². The third-order valence-electron chi connectivity index (χ3n) is 1.89. The molecular weight excluding hydrogens is 231 g/mol. The third kappa shape index (κ3) is 5.14. The van der Waals surface area contributed by atoms with E-state index in [1.165, 1.54) is 23.9 Å². The number of thioether (sulfide) groups is 1. The van der Waals surface area contributed by atoms with Crippen LogP contribution < -0.4 is 5.11 Å². The molecule has 0 saturated heterocycles. The standard InChI is InChI=1S/C11H13FO3S/c12-9-3-1-8(2-4-9)6-16-7-10(13)5-11(14)15/h1-4,10,13H,5-7H2,(H,14,15)/p-1. The van der Waals surface area contributed by atoms with Crippen molar-refractivity contribution >= 4 is 17.7 Å². The van der Waals surface area contributed by atoms with Gasteiger partial charge in [-0.15, -0.1) is 0 Å². The van der Waals surface area contributed by atoms with Crippen LogP contribution >= 0.6 is 11.8 Å². The van der Waals surface area contributed by atoms with Crippen LogP contribution in [0.25, 0.3) is 0 Å². The first-order chi connectivity index (χ1) is 7.58. The summed E-state index contributed by atoms with van der Waals surface area (Å²) >= 11 is 1.40. The van der Waals surface area contributed by atoms with Crippen molar-refractivity contribution in [2.75, 3.05) is 5.75 Å². The second-order valence-corrected chi connectivity index (χ2v) is 4.40. The van der Waals surface area contributed by atoms with Gasteiger partial charge in [-0.1, -0.05) is 12.1 Å². The van der Waals surface area contributed by atoms with Crippen molar-refractivity contribution in [3.63, 3.8) is 0 Å². The van der Waals surface area contributed by atoms with Crippen molar-refractivity contribution in [1.29, 1.82) is 0 Å². The minimum atomic E-state index is -1.25. The maximum Gasteiger partial charge on any atom is 0.123 e. The third-order valence-corrected chi connectivity index (χ3v) is 3.05. The quantitative estimate of drug-likeness (QED) is 0.793. The molecule has 0 amide bonds. The lowest BCUT2D eigenvalue weighted by molar-refractivity contribution is -0.307. The highest BCUT2D eigenvalue weighted by Gasteiger charge is 2.04. The molecule has 0 saturated carbocycles. The Kier molecular flexibility index (Phi) is 5.28. The van der Waals surface area contributed by atoms with Gasteiger partial charge in [-0.3, -0.25) is 0 Å². The number of rotatable bonds is 6. The molecule has 0 aromatic heterocycles.